The van der Waals surface area contributed by atoms with Gasteiger partial charge in [0.15, 0.2) is 9.35 Å². The Balaban J connectivity index is 1.94. The molecule has 0 radical (unpaired) electrons. The fourth-order valence-corrected chi connectivity index (χ4v) is 3.28. The highest BCUT2D eigenvalue weighted by molar-refractivity contribution is 8.01. The first-order valence-corrected chi connectivity index (χ1v) is 8.13. The van der Waals surface area contributed by atoms with Crippen molar-refractivity contribution in [3.63, 3.8) is 0 Å². The number of carbonyl (C=O) groups is 1. The average molecular weight is 313 g/mol. The van der Waals surface area contributed by atoms with E-state index in [-0.39, 0.29) is 6.42 Å². The fourth-order valence-electron chi connectivity index (χ4n) is 1.48. The Bertz CT molecular complexity index is 568. The van der Waals surface area contributed by atoms with E-state index >= 15 is 0 Å². The smallest absolute Gasteiger partial charge is 0.304 e. The van der Waals surface area contributed by atoms with Crippen LogP contribution in [0, 0.1) is 0 Å². The Morgan fingerprint density at radius 1 is 1.50 bits per heavy atom. The molecule has 6 nitrogen and oxygen atoms in total. The van der Waals surface area contributed by atoms with E-state index in [1.54, 1.807) is 0 Å². The Morgan fingerprint density at radius 3 is 3.10 bits per heavy atom. The van der Waals surface area contributed by atoms with E-state index in [0.29, 0.717) is 16.5 Å². The lowest BCUT2D eigenvalue weighted by atomic mass is 10.2. The molecule has 0 atom stereocenters. The monoisotopic (exact) mass is 313 g/mol. The van der Waals surface area contributed by atoms with Crippen molar-refractivity contribution in [3.8, 4) is 10.7 Å². The van der Waals surface area contributed by atoms with Crippen LogP contribution in [0.3, 0.4) is 0 Å². The standard InChI is InChI=1S/C12H15N3O3S2/c1-2-3-4-8-7-9(15-18-8)11-13-14-12(20-11)19-6-5-10(16)17/h7H,2-6H2,1H3,(H,16,17). The van der Waals surface area contributed by atoms with E-state index in [9.17, 15) is 4.79 Å². The number of rotatable bonds is 8. The Hall–Kier alpha value is -1.41. The summed E-state index contributed by atoms with van der Waals surface area (Å²) >= 11 is 2.79. The second-order valence-corrected chi connectivity index (χ2v) is 6.47. The third-order valence-electron chi connectivity index (χ3n) is 2.50. The molecule has 0 amide bonds. The van der Waals surface area contributed by atoms with Crippen molar-refractivity contribution in [2.45, 2.75) is 36.9 Å². The quantitative estimate of drug-likeness (QED) is 0.749. The lowest BCUT2D eigenvalue weighted by Crippen LogP contribution is -1.95. The summed E-state index contributed by atoms with van der Waals surface area (Å²) in [6, 6.07) is 1.89. The molecule has 2 aromatic heterocycles. The number of carboxylic acids is 1. The van der Waals surface area contributed by atoms with Gasteiger partial charge in [-0.2, -0.15) is 0 Å². The maximum atomic E-state index is 10.4. The molecule has 0 aliphatic carbocycles. The minimum absolute atomic E-state index is 0.116. The zero-order valence-electron chi connectivity index (χ0n) is 11.0. The largest absolute Gasteiger partial charge is 0.481 e. The number of aromatic nitrogens is 3. The molecule has 1 N–H and O–H groups in total. The van der Waals surface area contributed by atoms with Gasteiger partial charge in [0.2, 0.25) is 0 Å². The van der Waals surface area contributed by atoms with Crippen molar-refractivity contribution in [1.82, 2.24) is 15.4 Å². The minimum atomic E-state index is -0.806. The van der Waals surface area contributed by atoms with E-state index in [2.05, 4.69) is 22.3 Å². The third-order valence-corrected chi connectivity index (χ3v) is 4.58. The molecule has 0 bridgehead atoms. The molecule has 0 saturated heterocycles. The lowest BCUT2D eigenvalue weighted by molar-refractivity contribution is -0.136. The Kier molecular flexibility index (Phi) is 5.54. The molecule has 2 rings (SSSR count). The van der Waals surface area contributed by atoms with Crippen molar-refractivity contribution in [2.24, 2.45) is 0 Å². The molecule has 8 heteroatoms. The summed E-state index contributed by atoms with van der Waals surface area (Å²) in [5.74, 6) is 0.543. The molecule has 0 aromatic carbocycles. The second kappa shape index (κ2) is 7.39. The summed E-state index contributed by atoms with van der Waals surface area (Å²) in [6.45, 7) is 2.13. The zero-order valence-corrected chi connectivity index (χ0v) is 12.7. The number of nitrogens with zero attached hydrogens (tertiary/aromatic N) is 3. The van der Waals surface area contributed by atoms with Crippen molar-refractivity contribution >= 4 is 29.1 Å². The molecule has 0 unspecified atom stereocenters. The topological polar surface area (TPSA) is 89.1 Å². The molecule has 0 fully saturated rings. The van der Waals surface area contributed by atoms with Gasteiger partial charge in [-0.1, -0.05) is 41.6 Å². The van der Waals surface area contributed by atoms with Gasteiger partial charge in [-0.15, -0.1) is 10.2 Å². The zero-order chi connectivity index (χ0) is 14.4. The first kappa shape index (κ1) is 15.0. The maximum absolute atomic E-state index is 10.4. The van der Waals surface area contributed by atoms with Crippen LogP contribution < -0.4 is 0 Å². The van der Waals surface area contributed by atoms with Gasteiger partial charge in [-0.25, -0.2) is 0 Å². The average Bonchev–Trinajstić information content (AvgIpc) is 3.04. The molecule has 0 spiro atoms. The van der Waals surface area contributed by atoms with E-state index in [4.69, 9.17) is 9.63 Å². The summed E-state index contributed by atoms with van der Waals surface area (Å²) in [6.07, 6.45) is 3.17. The maximum Gasteiger partial charge on any atom is 0.304 e. The van der Waals surface area contributed by atoms with Gasteiger partial charge in [-0.3, -0.25) is 4.79 Å². The van der Waals surface area contributed by atoms with Crippen LogP contribution in [0.15, 0.2) is 14.9 Å². The number of hydrogen-bond donors (Lipinski definition) is 1. The van der Waals surface area contributed by atoms with Crippen molar-refractivity contribution < 1.29 is 14.4 Å². The SMILES string of the molecule is CCCCc1cc(-c2nnc(SCCC(=O)O)s2)no1. The molecular formula is C12H15N3O3S2. The highest BCUT2D eigenvalue weighted by atomic mass is 32.2. The summed E-state index contributed by atoms with van der Waals surface area (Å²) in [5.41, 5.74) is 0.693. The summed E-state index contributed by atoms with van der Waals surface area (Å²) in [7, 11) is 0. The molecule has 0 aliphatic heterocycles. The van der Waals surface area contributed by atoms with E-state index in [0.717, 1.165) is 29.4 Å². The predicted octanol–water partition coefficient (Wildman–Crippen LogP) is 3.10. The molecule has 108 valence electrons. The van der Waals surface area contributed by atoms with Gasteiger partial charge in [0.25, 0.3) is 0 Å². The number of aliphatic carboxylic acids is 1. The highest BCUT2D eigenvalue weighted by Gasteiger charge is 2.12. The van der Waals surface area contributed by atoms with Crippen LogP contribution in [0.1, 0.15) is 31.9 Å². The predicted molar refractivity (Wildman–Crippen MR) is 77.0 cm³/mol. The van der Waals surface area contributed by atoms with Crippen molar-refractivity contribution in [1.29, 1.82) is 0 Å². The van der Waals surface area contributed by atoms with Crippen LogP contribution in [-0.4, -0.2) is 32.2 Å². The Morgan fingerprint density at radius 2 is 2.35 bits per heavy atom. The van der Waals surface area contributed by atoms with Crippen LogP contribution in [0.5, 0.6) is 0 Å². The van der Waals surface area contributed by atoms with Gasteiger partial charge in [0, 0.05) is 18.2 Å². The van der Waals surface area contributed by atoms with Crippen molar-refractivity contribution in [3.05, 3.63) is 11.8 Å². The van der Waals surface area contributed by atoms with Gasteiger partial charge in [0.05, 0.1) is 6.42 Å². The number of carboxylic acid groups (broad SMARTS) is 1. The Labute approximate surface area is 124 Å². The summed E-state index contributed by atoms with van der Waals surface area (Å²) in [5, 5.41) is 21.3. The lowest BCUT2D eigenvalue weighted by Gasteiger charge is -1.91. The third kappa shape index (κ3) is 4.31. The molecular weight excluding hydrogens is 298 g/mol. The molecule has 0 aliphatic rings. The van der Waals surface area contributed by atoms with E-state index in [1.807, 2.05) is 6.07 Å². The van der Waals surface area contributed by atoms with Gasteiger partial charge in [-0.05, 0) is 6.42 Å². The van der Waals surface area contributed by atoms with Gasteiger partial charge < -0.3 is 9.63 Å². The number of aryl methyl sites for hydroxylation is 1. The molecule has 0 saturated carbocycles. The number of hydrogen-bond acceptors (Lipinski definition) is 7. The number of thioether (sulfide) groups is 1. The van der Waals surface area contributed by atoms with Crippen molar-refractivity contribution in [2.75, 3.05) is 5.75 Å². The molecule has 20 heavy (non-hydrogen) atoms. The number of unbranched alkanes of at least 4 members (excludes halogenated alkanes) is 1. The molecule has 2 heterocycles. The van der Waals surface area contributed by atoms with Gasteiger partial charge in [0.1, 0.15) is 11.5 Å². The normalized spacial score (nSPS) is 10.8. The van der Waals surface area contributed by atoms with Gasteiger partial charge >= 0.3 is 5.97 Å². The van der Waals surface area contributed by atoms with E-state index in [1.165, 1.54) is 23.1 Å². The first-order chi connectivity index (χ1) is 9.69. The van der Waals surface area contributed by atoms with Crippen LogP contribution in [0.25, 0.3) is 10.7 Å². The first-order valence-electron chi connectivity index (χ1n) is 6.33. The highest BCUT2D eigenvalue weighted by Crippen LogP contribution is 2.29. The van der Waals surface area contributed by atoms with E-state index < -0.39 is 5.97 Å². The van der Waals surface area contributed by atoms with Crippen LogP contribution in [0.4, 0.5) is 0 Å². The summed E-state index contributed by atoms with van der Waals surface area (Å²) in [4.78, 5) is 10.4. The summed E-state index contributed by atoms with van der Waals surface area (Å²) < 4.78 is 6.00. The minimum Gasteiger partial charge on any atom is -0.481 e. The molecule has 2 aromatic rings. The van der Waals surface area contributed by atoms with Crippen LogP contribution in [0.2, 0.25) is 0 Å². The van der Waals surface area contributed by atoms with Crippen LogP contribution in [-0.2, 0) is 11.2 Å². The fraction of sp³-hybridized carbons (Fsp3) is 0.500. The second-order valence-electron chi connectivity index (χ2n) is 4.15. The van der Waals surface area contributed by atoms with Crippen LogP contribution >= 0.6 is 23.1 Å².